The molecule has 1 saturated heterocycles. The van der Waals surface area contributed by atoms with Crippen molar-refractivity contribution in [1.82, 2.24) is 10.2 Å². The molecule has 2 aromatic rings. The van der Waals surface area contributed by atoms with Gasteiger partial charge in [0.05, 0.1) is 22.9 Å². The van der Waals surface area contributed by atoms with E-state index in [0.29, 0.717) is 12.1 Å². The summed E-state index contributed by atoms with van der Waals surface area (Å²) in [6.45, 7) is 3.59. The van der Waals surface area contributed by atoms with Gasteiger partial charge in [-0.1, -0.05) is 36.4 Å². The highest BCUT2D eigenvalue weighted by Crippen LogP contribution is 2.35. The molecular formula is C22H27N3O4S. The predicted octanol–water partition coefficient (Wildman–Crippen LogP) is 2.42. The fourth-order valence-electron chi connectivity index (χ4n) is 3.60. The molecule has 1 aliphatic heterocycles. The summed E-state index contributed by atoms with van der Waals surface area (Å²) in [7, 11) is 0.114. The molecule has 2 amide bonds. The molecule has 0 radical (unpaired) electrons. The van der Waals surface area contributed by atoms with Crippen molar-refractivity contribution in [3.63, 3.8) is 0 Å². The van der Waals surface area contributed by atoms with E-state index < -0.39 is 21.3 Å². The van der Waals surface area contributed by atoms with Crippen LogP contribution in [0, 0.1) is 5.41 Å². The Morgan fingerprint density at radius 3 is 2.37 bits per heavy atom. The number of amides is 2. The summed E-state index contributed by atoms with van der Waals surface area (Å²) in [6.07, 6.45) is 0. The smallest absolute Gasteiger partial charge is 0.251 e. The molecular weight excluding hydrogens is 402 g/mol. The van der Waals surface area contributed by atoms with Crippen LogP contribution in [0.1, 0.15) is 35.8 Å². The number of likely N-dealkylation sites (N-methyl/N-ethyl adjacent to an activating group) is 1. The SMILES string of the molecule is CN(C)C(CNC(=O)c1cccc(N2C(=O)C(C)(C)CS2(=O)=O)c1)c1ccccc1. The van der Waals surface area contributed by atoms with Crippen molar-refractivity contribution in [2.75, 3.05) is 30.7 Å². The summed E-state index contributed by atoms with van der Waals surface area (Å²) < 4.78 is 25.8. The normalized spacial score (nSPS) is 18.4. The van der Waals surface area contributed by atoms with E-state index in [-0.39, 0.29) is 23.4 Å². The van der Waals surface area contributed by atoms with Crippen LogP contribution in [0.25, 0.3) is 0 Å². The Labute approximate surface area is 177 Å². The molecule has 1 fully saturated rings. The van der Waals surface area contributed by atoms with Crippen LogP contribution in [0.3, 0.4) is 0 Å². The number of nitrogens with one attached hydrogen (secondary N) is 1. The zero-order valence-electron chi connectivity index (χ0n) is 17.6. The van der Waals surface area contributed by atoms with Crippen LogP contribution >= 0.6 is 0 Å². The summed E-state index contributed by atoms with van der Waals surface area (Å²) in [5.74, 6) is -1.07. The summed E-state index contributed by atoms with van der Waals surface area (Å²) in [6, 6.07) is 16.0. The molecule has 1 aliphatic rings. The average Bonchev–Trinajstić information content (AvgIpc) is 2.84. The van der Waals surface area contributed by atoms with Gasteiger partial charge in [0, 0.05) is 12.1 Å². The maximum Gasteiger partial charge on any atom is 0.251 e. The summed E-state index contributed by atoms with van der Waals surface area (Å²) in [5.41, 5.74) is 0.565. The van der Waals surface area contributed by atoms with Gasteiger partial charge in [0.15, 0.2) is 0 Å². The molecule has 1 heterocycles. The van der Waals surface area contributed by atoms with Crippen LogP contribution in [-0.2, 0) is 14.8 Å². The molecule has 0 aliphatic carbocycles. The molecule has 1 unspecified atom stereocenters. The summed E-state index contributed by atoms with van der Waals surface area (Å²) >= 11 is 0. The number of anilines is 1. The molecule has 160 valence electrons. The second kappa shape index (κ2) is 8.20. The topological polar surface area (TPSA) is 86.8 Å². The fourth-order valence-corrected chi connectivity index (χ4v) is 5.70. The van der Waals surface area contributed by atoms with Gasteiger partial charge in [0.25, 0.3) is 5.91 Å². The van der Waals surface area contributed by atoms with Gasteiger partial charge in [-0.05, 0) is 51.7 Å². The molecule has 0 bridgehead atoms. The largest absolute Gasteiger partial charge is 0.350 e. The fraction of sp³-hybridized carbons (Fsp3) is 0.364. The molecule has 1 N–H and O–H groups in total. The first-order valence-electron chi connectivity index (χ1n) is 9.70. The first-order chi connectivity index (χ1) is 14.0. The molecule has 0 aromatic heterocycles. The third-order valence-electron chi connectivity index (χ3n) is 5.19. The molecule has 7 nitrogen and oxygen atoms in total. The Bertz CT molecular complexity index is 1050. The number of sulfonamides is 1. The lowest BCUT2D eigenvalue weighted by Gasteiger charge is -2.25. The van der Waals surface area contributed by atoms with Crippen molar-refractivity contribution in [3.05, 3.63) is 65.7 Å². The Hall–Kier alpha value is -2.71. The Kier molecular flexibility index (Phi) is 6.01. The first kappa shape index (κ1) is 22.0. The van der Waals surface area contributed by atoms with Gasteiger partial charge in [-0.25, -0.2) is 12.7 Å². The van der Waals surface area contributed by atoms with Gasteiger partial charge < -0.3 is 10.2 Å². The highest BCUT2D eigenvalue weighted by Gasteiger charge is 2.49. The molecule has 0 spiro atoms. The van der Waals surface area contributed by atoms with Gasteiger partial charge in [-0.15, -0.1) is 0 Å². The van der Waals surface area contributed by atoms with Gasteiger partial charge in [0.1, 0.15) is 0 Å². The van der Waals surface area contributed by atoms with Crippen LogP contribution in [0.2, 0.25) is 0 Å². The van der Waals surface area contributed by atoms with Gasteiger partial charge in [-0.2, -0.15) is 0 Å². The van der Waals surface area contributed by atoms with Gasteiger partial charge in [0.2, 0.25) is 15.9 Å². The number of carbonyl (C=O) groups is 2. The van der Waals surface area contributed by atoms with Crippen LogP contribution in [0.15, 0.2) is 54.6 Å². The van der Waals surface area contributed by atoms with Crippen molar-refractivity contribution >= 4 is 27.5 Å². The molecule has 0 saturated carbocycles. The van der Waals surface area contributed by atoms with Crippen LogP contribution < -0.4 is 9.62 Å². The van der Waals surface area contributed by atoms with E-state index in [4.69, 9.17) is 0 Å². The number of hydrogen-bond donors (Lipinski definition) is 1. The lowest BCUT2D eigenvalue weighted by molar-refractivity contribution is -0.123. The lowest BCUT2D eigenvalue weighted by atomic mass is 9.95. The van der Waals surface area contributed by atoms with E-state index in [1.165, 1.54) is 12.1 Å². The van der Waals surface area contributed by atoms with Crippen LogP contribution in [-0.4, -0.2) is 51.5 Å². The number of hydrogen-bond acceptors (Lipinski definition) is 5. The Morgan fingerprint density at radius 1 is 1.13 bits per heavy atom. The molecule has 30 heavy (non-hydrogen) atoms. The highest BCUT2D eigenvalue weighted by atomic mass is 32.2. The van der Waals surface area contributed by atoms with Crippen LogP contribution in [0.5, 0.6) is 0 Å². The van der Waals surface area contributed by atoms with Gasteiger partial charge >= 0.3 is 0 Å². The number of benzene rings is 2. The van der Waals surface area contributed by atoms with Crippen molar-refractivity contribution in [3.8, 4) is 0 Å². The van der Waals surface area contributed by atoms with Gasteiger partial charge in [-0.3, -0.25) is 9.59 Å². The number of nitrogens with zero attached hydrogens (tertiary/aromatic N) is 2. The molecule has 1 atom stereocenters. The third-order valence-corrected chi connectivity index (χ3v) is 7.21. The Morgan fingerprint density at radius 2 is 1.80 bits per heavy atom. The second-order valence-corrected chi connectivity index (χ2v) is 10.2. The van der Waals surface area contributed by atoms with E-state index in [1.807, 2.05) is 49.3 Å². The van der Waals surface area contributed by atoms with Crippen molar-refractivity contribution in [2.45, 2.75) is 19.9 Å². The minimum Gasteiger partial charge on any atom is -0.350 e. The van der Waals surface area contributed by atoms with E-state index in [9.17, 15) is 18.0 Å². The second-order valence-electron chi connectivity index (χ2n) is 8.36. The average molecular weight is 430 g/mol. The maximum atomic E-state index is 12.8. The zero-order chi connectivity index (χ0) is 22.1. The standard InChI is InChI=1S/C22H27N3O4S/c1-22(2)15-30(28,29)25(21(22)27)18-12-8-11-17(13-18)20(26)23-14-19(24(3)4)16-9-6-5-7-10-16/h5-13,19H,14-15H2,1-4H3,(H,23,26). The highest BCUT2D eigenvalue weighted by molar-refractivity contribution is 7.94. The van der Waals surface area contributed by atoms with Crippen molar-refractivity contribution < 1.29 is 18.0 Å². The predicted molar refractivity (Wildman–Crippen MR) is 117 cm³/mol. The van der Waals surface area contributed by atoms with E-state index in [1.54, 1.807) is 26.0 Å². The zero-order valence-corrected chi connectivity index (χ0v) is 18.4. The minimum absolute atomic E-state index is 0.0142. The summed E-state index contributed by atoms with van der Waals surface area (Å²) in [5, 5.41) is 2.91. The molecule has 2 aromatic carbocycles. The van der Waals surface area contributed by atoms with E-state index >= 15 is 0 Å². The molecule has 8 heteroatoms. The minimum atomic E-state index is -3.77. The third kappa shape index (κ3) is 4.39. The number of rotatable bonds is 6. The summed E-state index contributed by atoms with van der Waals surface area (Å²) in [4.78, 5) is 27.4. The Balaban J connectivity index is 1.79. The monoisotopic (exact) mass is 429 g/mol. The van der Waals surface area contributed by atoms with Crippen LogP contribution in [0.4, 0.5) is 5.69 Å². The maximum absolute atomic E-state index is 12.8. The number of carbonyl (C=O) groups excluding carboxylic acids is 2. The van der Waals surface area contributed by atoms with E-state index in [0.717, 1.165) is 9.87 Å². The first-order valence-corrected chi connectivity index (χ1v) is 11.3. The van der Waals surface area contributed by atoms with Crippen molar-refractivity contribution in [2.24, 2.45) is 5.41 Å². The molecule has 3 rings (SSSR count). The lowest BCUT2D eigenvalue weighted by Crippen LogP contribution is -2.35. The van der Waals surface area contributed by atoms with E-state index in [2.05, 4.69) is 5.32 Å². The van der Waals surface area contributed by atoms with Crippen molar-refractivity contribution in [1.29, 1.82) is 0 Å². The quantitative estimate of drug-likeness (QED) is 0.762.